The van der Waals surface area contributed by atoms with Crippen LogP contribution in [0.15, 0.2) is 35.0 Å². The van der Waals surface area contributed by atoms with Crippen molar-refractivity contribution in [3.63, 3.8) is 0 Å². The summed E-state index contributed by atoms with van der Waals surface area (Å²) < 4.78 is 7.44. The summed E-state index contributed by atoms with van der Waals surface area (Å²) in [4.78, 5) is 19.7. The zero-order chi connectivity index (χ0) is 17.0. The maximum atomic E-state index is 13.2. The second-order valence-corrected chi connectivity index (χ2v) is 7.09. The zero-order valence-corrected chi connectivity index (χ0v) is 14.2. The van der Waals surface area contributed by atoms with E-state index in [1.54, 1.807) is 0 Å². The van der Waals surface area contributed by atoms with E-state index in [9.17, 15) is 4.79 Å². The Morgan fingerprint density at radius 2 is 2.12 bits per heavy atom. The van der Waals surface area contributed by atoms with E-state index in [1.165, 1.54) is 0 Å². The molecule has 1 aromatic carbocycles. The Balaban J connectivity index is 1.48. The largest absolute Gasteiger partial charge is 0.351 e. The fraction of sp³-hybridized carbons (Fsp3) is 0.421. The maximum absolute atomic E-state index is 13.2. The average Bonchev–Trinajstić information content (AvgIpc) is 3.04. The predicted molar refractivity (Wildman–Crippen MR) is 92.2 cm³/mol. The topological polar surface area (TPSA) is 64.2 Å². The van der Waals surface area contributed by atoms with Crippen LogP contribution in [0.1, 0.15) is 59.7 Å². The predicted octanol–water partition coefficient (Wildman–Crippen LogP) is 3.42. The van der Waals surface area contributed by atoms with E-state index in [0.29, 0.717) is 11.7 Å². The molecular weight excluding hydrogens is 316 g/mol. The molecular formula is C19H20N4O2. The Morgan fingerprint density at radius 1 is 1.24 bits per heavy atom. The second-order valence-electron chi connectivity index (χ2n) is 7.09. The molecule has 0 spiro atoms. The maximum Gasteiger partial charge on any atom is 0.255 e. The molecule has 5 rings (SSSR count). The summed E-state index contributed by atoms with van der Waals surface area (Å²) in [6, 6.07) is 7.82. The van der Waals surface area contributed by atoms with Crippen molar-refractivity contribution in [3.05, 3.63) is 47.7 Å². The van der Waals surface area contributed by atoms with E-state index in [1.807, 2.05) is 47.0 Å². The lowest BCUT2D eigenvalue weighted by molar-refractivity contribution is 0.0730. The summed E-state index contributed by atoms with van der Waals surface area (Å²) in [5, 5.41) is 5.16. The summed E-state index contributed by atoms with van der Waals surface area (Å²) in [6.45, 7) is 0.736. The lowest BCUT2D eigenvalue weighted by Crippen LogP contribution is -2.31. The minimum Gasteiger partial charge on any atom is -0.351 e. The van der Waals surface area contributed by atoms with Crippen LogP contribution in [0, 0.1) is 0 Å². The summed E-state index contributed by atoms with van der Waals surface area (Å²) in [6.07, 6.45) is 6.11. The molecule has 1 atom stereocenters. The van der Waals surface area contributed by atoms with Gasteiger partial charge in [0.05, 0.1) is 6.04 Å². The molecule has 6 heteroatoms. The third-order valence-corrected chi connectivity index (χ3v) is 5.35. The number of amides is 1. The summed E-state index contributed by atoms with van der Waals surface area (Å²) in [7, 11) is 1.99. The Morgan fingerprint density at radius 3 is 2.96 bits per heavy atom. The van der Waals surface area contributed by atoms with E-state index in [-0.39, 0.29) is 11.9 Å². The molecule has 0 unspecified atom stereocenters. The highest BCUT2D eigenvalue weighted by Crippen LogP contribution is 2.40. The van der Waals surface area contributed by atoms with Crippen molar-refractivity contribution in [3.8, 4) is 0 Å². The molecule has 0 radical (unpaired) electrons. The number of rotatable bonds is 3. The van der Waals surface area contributed by atoms with E-state index in [0.717, 1.165) is 54.6 Å². The first-order valence-corrected chi connectivity index (χ1v) is 8.91. The van der Waals surface area contributed by atoms with E-state index >= 15 is 0 Å². The van der Waals surface area contributed by atoms with Gasteiger partial charge in [0.25, 0.3) is 5.91 Å². The number of aromatic nitrogens is 3. The highest BCUT2D eigenvalue weighted by molar-refractivity contribution is 6.06. The van der Waals surface area contributed by atoms with Crippen molar-refractivity contribution in [2.24, 2.45) is 7.05 Å². The van der Waals surface area contributed by atoms with Crippen LogP contribution in [-0.4, -0.2) is 32.1 Å². The van der Waals surface area contributed by atoms with E-state index < -0.39 is 0 Å². The molecule has 3 heterocycles. The van der Waals surface area contributed by atoms with Gasteiger partial charge in [-0.1, -0.05) is 11.2 Å². The minimum absolute atomic E-state index is 0.0528. The molecule has 1 amide bonds. The number of likely N-dealkylation sites (tertiary alicyclic amines) is 1. The van der Waals surface area contributed by atoms with Crippen molar-refractivity contribution < 1.29 is 9.32 Å². The molecule has 128 valence electrons. The fourth-order valence-electron chi connectivity index (χ4n) is 3.80. The average molecular weight is 336 g/mol. The quantitative estimate of drug-likeness (QED) is 0.735. The SMILES string of the molecule is Cn1ccc2c(C(=O)N3CCC[C@@H]3c3noc(C4CC4)n3)cccc21. The van der Waals surface area contributed by atoms with Crippen molar-refractivity contribution >= 4 is 16.8 Å². The van der Waals surface area contributed by atoms with E-state index in [2.05, 4.69) is 10.1 Å². The van der Waals surface area contributed by atoms with Gasteiger partial charge >= 0.3 is 0 Å². The third-order valence-electron chi connectivity index (χ3n) is 5.35. The molecule has 1 saturated heterocycles. The number of hydrogen-bond donors (Lipinski definition) is 0. The van der Waals surface area contributed by atoms with Gasteiger partial charge in [0.1, 0.15) is 0 Å². The lowest BCUT2D eigenvalue weighted by atomic mass is 10.1. The normalized spacial score (nSPS) is 20.5. The Hall–Kier alpha value is -2.63. The van der Waals surface area contributed by atoms with Gasteiger partial charge in [-0.3, -0.25) is 4.79 Å². The highest BCUT2D eigenvalue weighted by Gasteiger charge is 2.36. The molecule has 25 heavy (non-hydrogen) atoms. The Labute approximate surface area is 145 Å². The highest BCUT2D eigenvalue weighted by atomic mass is 16.5. The number of carbonyl (C=O) groups excluding carboxylic acids is 1. The van der Waals surface area contributed by atoms with Crippen LogP contribution in [0.4, 0.5) is 0 Å². The molecule has 0 N–H and O–H groups in total. The molecule has 6 nitrogen and oxygen atoms in total. The van der Waals surface area contributed by atoms with Gasteiger partial charge in [-0.25, -0.2) is 0 Å². The number of nitrogens with zero attached hydrogens (tertiary/aromatic N) is 4. The van der Waals surface area contributed by atoms with Crippen molar-refractivity contribution in [1.29, 1.82) is 0 Å². The first kappa shape index (κ1) is 14.7. The zero-order valence-electron chi connectivity index (χ0n) is 14.2. The van der Waals surface area contributed by atoms with E-state index in [4.69, 9.17) is 4.52 Å². The molecule has 0 bridgehead atoms. The molecule has 2 aliphatic rings. The number of benzene rings is 1. The summed E-state index contributed by atoms with van der Waals surface area (Å²) in [5.41, 5.74) is 1.81. The van der Waals surface area contributed by atoms with Crippen molar-refractivity contribution in [1.82, 2.24) is 19.6 Å². The number of aryl methyl sites for hydroxylation is 1. The first-order chi connectivity index (χ1) is 12.2. The van der Waals surface area contributed by atoms with Crippen LogP contribution in [0.3, 0.4) is 0 Å². The van der Waals surface area contributed by atoms with Crippen LogP contribution in [-0.2, 0) is 7.05 Å². The summed E-state index contributed by atoms with van der Waals surface area (Å²) >= 11 is 0. The van der Waals surface area contributed by atoms with Gasteiger partial charge in [0, 0.05) is 42.2 Å². The van der Waals surface area contributed by atoms with Gasteiger partial charge in [0.2, 0.25) is 5.89 Å². The van der Waals surface area contributed by atoms with Crippen LogP contribution in [0.2, 0.25) is 0 Å². The molecule has 3 aromatic rings. The third kappa shape index (κ3) is 2.35. The molecule has 1 aliphatic carbocycles. The Kier molecular flexibility index (Phi) is 3.20. The Bertz CT molecular complexity index is 953. The van der Waals surface area contributed by atoms with Crippen LogP contribution < -0.4 is 0 Å². The number of fused-ring (bicyclic) bond motifs is 1. The fourth-order valence-corrected chi connectivity index (χ4v) is 3.80. The molecule has 1 saturated carbocycles. The first-order valence-electron chi connectivity index (χ1n) is 8.91. The number of carbonyl (C=O) groups is 1. The summed E-state index contributed by atoms with van der Waals surface area (Å²) in [5.74, 6) is 1.88. The van der Waals surface area contributed by atoms with Gasteiger partial charge < -0.3 is 14.0 Å². The van der Waals surface area contributed by atoms with Crippen molar-refractivity contribution in [2.45, 2.75) is 37.6 Å². The molecule has 1 aliphatic heterocycles. The van der Waals surface area contributed by atoms with Gasteiger partial charge in [0.15, 0.2) is 5.82 Å². The lowest BCUT2D eigenvalue weighted by Gasteiger charge is -2.22. The minimum atomic E-state index is -0.0808. The van der Waals surface area contributed by atoms with Crippen molar-refractivity contribution in [2.75, 3.05) is 6.54 Å². The van der Waals surface area contributed by atoms with Crippen LogP contribution in [0.5, 0.6) is 0 Å². The standard InChI is InChI=1S/C19H20N4O2/c1-22-11-9-13-14(4-2-5-15(13)22)19(24)23-10-3-6-16(23)17-20-18(25-21-17)12-7-8-12/h2,4-5,9,11-12,16H,3,6-8,10H2,1H3/t16-/m1/s1. The number of hydrogen-bond acceptors (Lipinski definition) is 4. The van der Waals surface area contributed by atoms with Gasteiger partial charge in [-0.15, -0.1) is 0 Å². The van der Waals surface area contributed by atoms with Gasteiger partial charge in [-0.05, 0) is 43.9 Å². The van der Waals surface area contributed by atoms with Crippen LogP contribution >= 0.6 is 0 Å². The molecule has 2 aromatic heterocycles. The second kappa shape index (κ2) is 5.44. The molecule has 2 fully saturated rings. The van der Waals surface area contributed by atoms with Crippen LogP contribution in [0.25, 0.3) is 10.9 Å². The van der Waals surface area contributed by atoms with Gasteiger partial charge in [-0.2, -0.15) is 4.98 Å². The smallest absolute Gasteiger partial charge is 0.255 e. The monoisotopic (exact) mass is 336 g/mol.